The number of nitrogens with two attached hydrogens (primary N) is 2. The van der Waals surface area contributed by atoms with Crippen LogP contribution >= 0.6 is 206 Å². The first kappa shape index (κ1) is 116. The molecule has 5 aromatic carbocycles. The Morgan fingerprint density at radius 2 is 0.823 bits per heavy atom. The Balaban J connectivity index is 0.000000299. The van der Waals surface area contributed by atoms with Crippen LogP contribution in [0, 0.1) is 42.9 Å². The monoisotopic (exact) mass is 2710 g/mol. The van der Waals surface area contributed by atoms with Crippen LogP contribution in [0.2, 0.25) is 0 Å². The summed E-state index contributed by atoms with van der Waals surface area (Å²) in [5.74, 6) is -1.37. The van der Waals surface area contributed by atoms with Gasteiger partial charge in [0.05, 0.1) is 113 Å². The second kappa shape index (κ2) is 55.6. The van der Waals surface area contributed by atoms with Crippen LogP contribution in [0.3, 0.4) is 0 Å². The molecule has 694 valence electrons. The highest BCUT2D eigenvalue weighted by atomic mass is 127. The average molecular weight is 2710 g/mol. The van der Waals surface area contributed by atoms with Crippen LogP contribution in [0.15, 0.2) is 111 Å². The largest absolute Gasteiger partial charge is 0.502 e. The molecule has 0 bridgehead atoms. The molecule has 6 saturated heterocycles. The van der Waals surface area contributed by atoms with Crippen LogP contribution in [0.1, 0.15) is 258 Å². The van der Waals surface area contributed by atoms with Crippen molar-refractivity contribution in [3.05, 3.63) is 151 Å². The molecular formula is C88H128B3Br3F5I7N8O10. The van der Waals surface area contributed by atoms with E-state index in [0.717, 1.165) is 107 Å². The van der Waals surface area contributed by atoms with E-state index in [2.05, 4.69) is 270 Å². The second-order valence-corrected chi connectivity index (χ2v) is 56.4. The molecule has 6 fully saturated rings. The van der Waals surface area contributed by atoms with E-state index in [0.29, 0.717) is 57.0 Å². The minimum Gasteiger partial charge on any atom is -0.502 e. The fourth-order valence-electron chi connectivity index (χ4n) is 11.6. The molecule has 4 N–H and O–H groups in total. The summed E-state index contributed by atoms with van der Waals surface area (Å²) in [6.07, 6.45) is 25.1. The average Bonchev–Trinajstić information content (AvgIpc) is 1.60. The summed E-state index contributed by atoms with van der Waals surface area (Å²) in [5, 5.41) is 14.4. The number of rotatable bonds is 8. The topological polar surface area (TPSA) is 198 Å². The quantitative estimate of drug-likeness (QED) is 0.0478. The first-order valence-corrected chi connectivity index (χ1v) is 53.1. The van der Waals surface area contributed by atoms with Crippen molar-refractivity contribution in [1.29, 1.82) is 0 Å². The van der Waals surface area contributed by atoms with Crippen LogP contribution < -0.4 is 16.9 Å². The van der Waals surface area contributed by atoms with Crippen LogP contribution in [0.25, 0.3) is 32.7 Å². The number of alkyl halides is 7. The lowest BCUT2D eigenvalue weighted by atomic mass is 9.49. The van der Waals surface area contributed by atoms with Gasteiger partial charge in [0, 0.05) is 51.7 Å². The van der Waals surface area contributed by atoms with Gasteiger partial charge < -0.3 is 58.3 Å². The summed E-state index contributed by atoms with van der Waals surface area (Å²) in [4.78, 5) is 0. The lowest BCUT2D eigenvalue weighted by molar-refractivity contribution is -0.0367. The zero-order chi connectivity index (χ0) is 93.5. The normalized spacial score (nSPS) is 19.7. The molecule has 0 amide bonds. The smallest absolute Gasteiger partial charge is 0.497 e. The minimum absolute atomic E-state index is 0.0539. The number of halogens is 15. The van der Waals surface area contributed by atoms with Crippen LogP contribution in [-0.2, 0) is 46.9 Å². The van der Waals surface area contributed by atoms with Gasteiger partial charge in [-0.1, -0.05) is 225 Å². The van der Waals surface area contributed by atoms with Crippen molar-refractivity contribution in [2.24, 2.45) is 0 Å². The Hall–Kier alpha value is -0.315. The third-order valence-corrected chi connectivity index (χ3v) is 28.0. The van der Waals surface area contributed by atoms with Gasteiger partial charge in [-0.25, -0.2) is 36.0 Å². The number of fused-ring (bicyclic) bond motifs is 3. The lowest BCUT2D eigenvalue weighted by Gasteiger charge is -2.32. The van der Waals surface area contributed by atoms with Gasteiger partial charge in [0.1, 0.15) is 28.5 Å². The molecule has 3 atom stereocenters. The van der Waals surface area contributed by atoms with Crippen molar-refractivity contribution >= 4 is 277 Å². The van der Waals surface area contributed by atoms with E-state index in [1.807, 2.05) is 107 Å². The number of nitrogens with zero attached hydrogens (tertiary/aromatic N) is 6. The van der Waals surface area contributed by atoms with Gasteiger partial charge >= 0.3 is 21.1 Å². The Bertz CT molecular complexity index is 4300. The third kappa shape index (κ3) is 36.1. The summed E-state index contributed by atoms with van der Waals surface area (Å²) in [5.41, 5.74) is 13.1. The van der Waals surface area contributed by atoms with Gasteiger partial charge in [0.2, 0.25) is 0 Å². The molecule has 124 heavy (non-hydrogen) atoms. The van der Waals surface area contributed by atoms with E-state index < -0.39 is 32.3 Å². The molecule has 3 aromatic heterocycles. The summed E-state index contributed by atoms with van der Waals surface area (Å²) in [6.45, 7) is 45.6. The van der Waals surface area contributed by atoms with E-state index in [1.54, 1.807) is 95.2 Å². The first-order valence-electron chi connectivity index (χ1n) is 42.2. The summed E-state index contributed by atoms with van der Waals surface area (Å²) < 4.78 is 136. The Morgan fingerprint density at radius 1 is 0.492 bits per heavy atom. The zero-order valence-corrected chi connectivity index (χ0v) is 95.4. The highest BCUT2D eigenvalue weighted by molar-refractivity contribution is 14.3. The molecule has 0 spiro atoms. The number of benzene rings is 5. The van der Waals surface area contributed by atoms with Crippen LogP contribution in [-0.4, -0.2) is 120 Å². The van der Waals surface area contributed by atoms with Crippen molar-refractivity contribution in [3.63, 3.8) is 0 Å². The van der Waals surface area contributed by atoms with Gasteiger partial charge in [-0.15, -0.1) is 0 Å². The summed E-state index contributed by atoms with van der Waals surface area (Å²) >= 11 is 26.1. The van der Waals surface area contributed by atoms with Gasteiger partial charge in [-0.2, -0.15) is 15.3 Å². The minimum atomic E-state index is -0.719. The van der Waals surface area contributed by atoms with Crippen molar-refractivity contribution in [1.82, 2.24) is 29.3 Å². The molecular weight excluding hydrogens is 2580 g/mol. The number of aromatic nitrogens is 6. The van der Waals surface area contributed by atoms with Crippen LogP contribution in [0.4, 0.5) is 33.3 Å². The van der Waals surface area contributed by atoms with Crippen molar-refractivity contribution in [2.45, 2.75) is 299 Å². The molecule has 0 radical (unpaired) electrons. The van der Waals surface area contributed by atoms with E-state index in [9.17, 15) is 17.6 Å². The zero-order valence-electron chi connectivity index (χ0n) is 75.6. The molecule has 0 saturated carbocycles. The Labute approximate surface area is 857 Å². The van der Waals surface area contributed by atoms with Crippen molar-refractivity contribution in [3.8, 4) is 0 Å². The van der Waals surface area contributed by atoms with E-state index in [4.69, 9.17) is 58.3 Å². The third-order valence-electron chi connectivity index (χ3n) is 21.1. The van der Waals surface area contributed by atoms with Gasteiger partial charge in [-0.05, 0) is 300 Å². The van der Waals surface area contributed by atoms with Crippen molar-refractivity contribution in [2.75, 3.05) is 42.3 Å². The maximum absolute atomic E-state index is 15.2. The van der Waals surface area contributed by atoms with E-state index >= 15 is 4.39 Å². The SMILES string of the molecule is C1=COCCC1.CC(C)I.CC1(C)OB(B2OC(C)(C)C(C)(C)O2)OC1(C)C.CC1(C)OB(c2ccc3c(cnn3C3CCCCO3)c2F)OC1(C)C.CCC.CCC(I)(I)I.CCC(I)I.CCCI.Cc1c(N)ccc(Br)c1F.Cc1c(N)cccc1F.Fc1c(Br)ccc2c1cnn2C1CCCCO1.Fc1c(Br)ccc2c1cnn2C1CCCCO1. The van der Waals surface area contributed by atoms with Crippen molar-refractivity contribution < 1.29 is 68.8 Å². The summed E-state index contributed by atoms with van der Waals surface area (Å²) in [7, 11) is -1.67. The lowest BCUT2D eigenvalue weighted by Crippen LogP contribution is -2.41. The molecule has 36 heteroatoms. The molecule has 18 nitrogen and oxygen atoms in total. The van der Waals surface area contributed by atoms with Gasteiger partial charge in [0.25, 0.3) is 0 Å². The highest BCUT2D eigenvalue weighted by Gasteiger charge is 2.64. The second-order valence-electron chi connectivity index (χ2n) is 33.2. The van der Waals surface area contributed by atoms with Gasteiger partial charge in [-0.3, -0.25) is 0 Å². The maximum atomic E-state index is 15.2. The fraction of sp³-hybridized carbons (Fsp3) is 0.602. The number of anilines is 2. The number of allylic oxidation sites excluding steroid dienone is 1. The standard InChI is InChI=1S/C18H24BFN2O3.C12H24B2O4.2C12H12BrFN2O.C7H7BrFN.C7H8FN.C5H8O.C3H5I3.C3H6I2.2C3H7I.C3H8/c1-17(2)18(3,4)25-19(24-17)13-8-9-14-12(16(13)20)11-21-22(14)15-7-5-6-10-23-15;1-9(2)10(3,4)16-13(15-9)14-17-11(5,6)12(7,8)18-14;2*13-9-4-5-10-8(12(9)14)7-15-16(10)11-3-1-2-6-17-11;1-4-6(10)3-2-5(8)7(4)9;1-5-6(8)3-2-4-7(5)9;1-2-4-6-5-3-1;1-2-3(4,5)6;1-2-3(4)5;1-3(2)4;1-2-3-4;1-3-2/h8-9,11,15H,5-7,10H2,1-4H3;1-8H3;2*4-5,7,11H,1-3,6H2;2-3H,10H2,1H3;2-4H,9H2,1H3;2,4H,1,3,5H2;2H2,1H3;3H,2H2,1H3;3H,1-2H3;2-3H2,1H3;3H2,1-2H3. The Morgan fingerprint density at radius 3 is 1.10 bits per heavy atom. The predicted octanol–water partition coefficient (Wildman–Crippen LogP) is 29.2. The summed E-state index contributed by atoms with van der Waals surface area (Å²) in [6, 6.07) is 18.7. The first-order chi connectivity index (χ1) is 58.0. The highest BCUT2D eigenvalue weighted by Crippen LogP contribution is 2.44. The van der Waals surface area contributed by atoms with E-state index in [1.165, 1.54) is 49.0 Å². The molecule has 7 aliphatic rings. The van der Waals surface area contributed by atoms with Gasteiger partial charge in [0.15, 0.2) is 18.7 Å². The molecule has 10 heterocycles. The number of ether oxygens (including phenoxy) is 4. The number of hydrogen-bond acceptors (Lipinski definition) is 15. The molecule has 7 aliphatic heterocycles. The van der Waals surface area contributed by atoms with Crippen LogP contribution in [0.5, 0.6) is 0 Å². The number of hydrogen-bond donors (Lipinski definition) is 2. The Kier molecular flexibility index (Phi) is 52.1. The predicted molar refractivity (Wildman–Crippen MR) is 573 cm³/mol. The molecule has 3 unspecified atom stereocenters. The number of nitrogen functional groups attached to an aromatic ring is 2. The maximum Gasteiger partial charge on any atom is 0.497 e. The molecule has 0 aliphatic carbocycles. The fourth-order valence-corrected chi connectivity index (χ4v) is 12.7. The van der Waals surface area contributed by atoms with E-state index in [-0.39, 0.29) is 70.2 Å². The molecule has 15 rings (SSSR count). The molecule has 8 aromatic rings.